The lowest BCUT2D eigenvalue weighted by Crippen LogP contribution is -2.52. The molecule has 0 bridgehead atoms. The van der Waals surface area contributed by atoms with E-state index in [0.29, 0.717) is 44.9 Å². The topological polar surface area (TPSA) is 92.8 Å². The molecule has 0 aliphatic carbocycles. The van der Waals surface area contributed by atoms with Gasteiger partial charge >= 0.3 is 0 Å². The zero-order chi connectivity index (χ0) is 19.5. The molecule has 0 aromatic carbocycles. The van der Waals surface area contributed by atoms with Crippen molar-refractivity contribution in [3.05, 3.63) is 36.8 Å². The molecular weight excluding hydrogens is 346 g/mol. The minimum absolute atomic E-state index is 0.0134. The Morgan fingerprint density at radius 2 is 2.00 bits per heavy atom. The van der Waals surface area contributed by atoms with Crippen molar-refractivity contribution in [3.63, 3.8) is 0 Å². The van der Waals surface area contributed by atoms with Gasteiger partial charge in [-0.1, -0.05) is 6.08 Å². The summed E-state index contributed by atoms with van der Waals surface area (Å²) in [5.74, 6) is 0.677. The fourth-order valence-electron chi connectivity index (χ4n) is 2.91. The van der Waals surface area contributed by atoms with Crippen LogP contribution >= 0.6 is 0 Å². The number of nitrogens with one attached hydrogen (secondary N) is 1. The van der Waals surface area contributed by atoms with Crippen molar-refractivity contribution in [2.45, 2.75) is 13.0 Å². The summed E-state index contributed by atoms with van der Waals surface area (Å²) in [4.78, 5) is 30.3. The van der Waals surface area contributed by atoms with Crippen LogP contribution in [0.15, 0.2) is 35.5 Å². The predicted octanol–water partition coefficient (Wildman–Crippen LogP) is 0.442. The monoisotopic (exact) mass is 373 g/mol. The maximum atomic E-state index is 12.7. The van der Waals surface area contributed by atoms with E-state index in [-0.39, 0.29) is 11.8 Å². The Bertz CT molecular complexity index is 645. The van der Waals surface area contributed by atoms with E-state index in [1.807, 2.05) is 6.07 Å². The van der Waals surface area contributed by atoms with Crippen LogP contribution in [-0.4, -0.2) is 78.9 Å². The minimum Gasteiger partial charge on any atom is -0.467 e. The van der Waals surface area contributed by atoms with Crippen LogP contribution in [-0.2, 0) is 16.1 Å². The first-order chi connectivity index (χ1) is 13.1. The Kier molecular flexibility index (Phi) is 8.55. The number of furan rings is 1. The number of hydrogen-bond donors (Lipinski definition) is 1. The van der Waals surface area contributed by atoms with Crippen molar-refractivity contribution in [1.82, 2.24) is 20.0 Å². The number of nitriles is 1. The number of nitrogens with zero attached hydrogens (tertiary/aromatic N) is 4. The van der Waals surface area contributed by atoms with Gasteiger partial charge in [-0.2, -0.15) is 5.26 Å². The van der Waals surface area contributed by atoms with Gasteiger partial charge in [-0.25, -0.2) is 0 Å². The number of carbonyl (C=O) groups excluding carboxylic acids is 2. The molecule has 2 amide bonds. The molecule has 146 valence electrons. The van der Waals surface area contributed by atoms with Crippen molar-refractivity contribution < 1.29 is 14.0 Å². The molecule has 27 heavy (non-hydrogen) atoms. The van der Waals surface area contributed by atoms with E-state index in [2.05, 4.69) is 27.8 Å². The summed E-state index contributed by atoms with van der Waals surface area (Å²) < 4.78 is 5.32. The van der Waals surface area contributed by atoms with Gasteiger partial charge in [0.25, 0.3) is 0 Å². The van der Waals surface area contributed by atoms with Crippen LogP contribution in [0.3, 0.4) is 0 Å². The van der Waals surface area contributed by atoms with E-state index >= 15 is 0 Å². The number of rotatable bonds is 10. The van der Waals surface area contributed by atoms with Crippen LogP contribution in [0, 0.1) is 11.3 Å². The first kappa shape index (κ1) is 20.7. The van der Waals surface area contributed by atoms with Gasteiger partial charge in [0, 0.05) is 39.3 Å². The smallest absolute Gasteiger partial charge is 0.237 e. The summed E-state index contributed by atoms with van der Waals surface area (Å²) in [7, 11) is 0. The maximum Gasteiger partial charge on any atom is 0.237 e. The zero-order valence-corrected chi connectivity index (χ0v) is 15.6. The van der Waals surface area contributed by atoms with Crippen LogP contribution in [0.25, 0.3) is 0 Å². The second-order valence-corrected chi connectivity index (χ2v) is 6.45. The van der Waals surface area contributed by atoms with Gasteiger partial charge in [-0.15, -0.1) is 6.58 Å². The van der Waals surface area contributed by atoms with E-state index in [0.717, 1.165) is 26.2 Å². The van der Waals surface area contributed by atoms with Gasteiger partial charge in [-0.05, 0) is 12.1 Å². The minimum atomic E-state index is -0.0150. The quantitative estimate of drug-likeness (QED) is 0.599. The predicted molar refractivity (Wildman–Crippen MR) is 100 cm³/mol. The highest BCUT2D eigenvalue weighted by Crippen LogP contribution is 2.08. The summed E-state index contributed by atoms with van der Waals surface area (Å²) in [6, 6.07) is 5.69. The molecule has 8 heteroatoms. The van der Waals surface area contributed by atoms with E-state index in [9.17, 15) is 9.59 Å². The maximum absolute atomic E-state index is 12.7. The first-order valence-electron chi connectivity index (χ1n) is 9.11. The van der Waals surface area contributed by atoms with Crippen LogP contribution in [0.5, 0.6) is 0 Å². The molecule has 0 unspecified atom stereocenters. The summed E-state index contributed by atoms with van der Waals surface area (Å²) in [6.07, 6.45) is 3.52. The molecule has 1 aromatic rings. The van der Waals surface area contributed by atoms with Crippen molar-refractivity contribution >= 4 is 11.8 Å². The highest BCUT2D eigenvalue weighted by molar-refractivity contribution is 5.78. The third-order valence-corrected chi connectivity index (χ3v) is 4.41. The lowest BCUT2D eigenvalue weighted by molar-refractivity contribution is -0.134. The zero-order valence-electron chi connectivity index (χ0n) is 15.6. The molecule has 1 fully saturated rings. The third kappa shape index (κ3) is 7.25. The number of amides is 2. The Balaban J connectivity index is 1.78. The molecule has 0 saturated carbocycles. The molecule has 1 N–H and O–H groups in total. The molecular formula is C19H27N5O3. The van der Waals surface area contributed by atoms with Crippen molar-refractivity contribution in [3.8, 4) is 6.07 Å². The Labute approximate surface area is 160 Å². The molecule has 0 spiro atoms. The lowest BCUT2D eigenvalue weighted by Gasteiger charge is -2.34. The molecule has 1 aliphatic rings. The van der Waals surface area contributed by atoms with E-state index in [1.165, 1.54) is 0 Å². The molecule has 1 saturated heterocycles. The molecule has 2 heterocycles. The van der Waals surface area contributed by atoms with Crippen LogP contribution in [0.2, 0.25) is 0 Å². The molecule has 0 atom stereocenters. The highest BCUT2D eigenvalue weighted by atomic mass is 16.3. The van der Waals surface area contributed by atoms with Crippen LogP contribution in [0.4, 0.5) is 0 Å². The van der Waals surface area contributed by atoms with Crippen molar-refractivity contribution in [2.75, 3.05) is 52.4 Å². The second-order valence-electron chi connectivity index (χ2n) is 6.45. The second kappa shape index (κ2) is 11.2. The molecule has 1 aromatic heterocycles. The van der Waals surface area contributed by atoms with Crippen LogP contribution in [0.1, 0.15) is 12.2 Å². The van der Waals surface area contributed by atoms with E-state index in [1.54, 1.807) is 23.3 Å². The van der Waals surface area contributed by atoms with Crippen molar-refractivity contribution in [1.29, 1.82) is 5.26 Å². The van der Waals surface area contributed by atoms with Gasteiger partial charge in [0.05, 0.1) is 38.4 Å². The van der Waals surface area contributed by atoms with Gasteiger partial charge in [0.2, 0.25) is 11.8 Å². The largest absolute Gasteiger partial charge is 0.467 e. The van der Waals surface area contributed by atoms with E-state index < -0.39 is 0 Å². The fraction of sp³-hybridized carbons (Fsp3) is 0.526. The van der Waals surface area contributed by atoms with Crippen molar-refractivity contribution in [2.24, 2.45) is 0 Å². The number of carbonyl (C=O) groups is 2. The average molecular weight is 373 g/mol. The lowest BCUT2D eigenvalue weighted by atomic mass is 10.2. The first-order valence-corrected chi connectivity index (χ1v) is 9.11. The summed E-state index contributed by atoms with van der Waals surface area (Å²) in [5, 5.41) is 11.6. The van der Waals surface area contributed by atoms with Gasteiger partial charge in [0.15, 0.2) is 0 Å². The van der Waals surface area contributed by atoms with Gasteiger partial charge < -0.3 is 14.6 Å². The highest BCUT2D eigenvalue weighted by Gasteiger charge is 2.23. The Hall–Kier alpha value is -2.63. The average Bonchev–Trinajstić information content (AvgIpc) is 3.18. The molecule has 8 nitrogen and oxygen atoms in total. The van der Waals surface area contributed by atoms with Crippen LogP contribution < -0.4 is 5.32 Å². The fourth-order valence-corrected chi connectivity index (χ4v) is 2.91. The Morgan fingerprint density at radius 1 is 1.30 bits per heavy atom. The number of hydrogen-bond acceptors (Lipinski definition) is 6. The molecule has 1 aliphatic heterocycles. The van der Waals surface area contributed by atoms with Gasteiger partial charge in [0.1, 0.15) is 5.76 Å². The molecule has 2 rings (SSSR count). The number of piperazine rings is 1. The Morgan fingerprint density at radius 3 is 2.59 bits per heavy atom. The normalized spacial score (nSPS) is 15.1. The SMILES string of the molecule is C=CCNC(=O)CN1CCN(CC(=O)N(CCC#N)Cc2ccco2)CC1. The third-order valence-electron chi connectivity index (χ3n) is 4.41. The molecule has 0 radical (unpaired) electrons. The summed E-state index contributed by atoms with van der Waals surface area (Å²) in [5.41, 5.74) is 0. The van der Waals surface area contributed by atoms with E-state index in [4.69, 9.17) is 9.68 Å². The standard InChI is InChI=1S/C19H27N5O3/c1-2-7-21-18(25)15-22-9-11-23(12-10-22)16-19(26)24(8-4-6-20)14-17-5-3-13-27-17/h2-3,5,13H,1,4,7-12,14-16H2,(H,21,25). The summed E-state index contributed by atoms with van der Waals surface area (Å²) >= 11 is 0. The van der Waals surface area contributed by atoms with Gasteiger partial charge in [-0.3, -0.25) is 19.4 Å². The summed E-state index contributed by atoms with van der Waals surface area (Å²) in [6.45, 7) is 8.43.